The second-order valence-electron chi connectivity index (χ2n) is 7.13. The molecule has 0 atom stereocenters. The van der Waals surface area contributed by atoms with E-state index >= 15 is 0 Å². The molecule has 0 saturated carbocycles. The number of hydrogen-bond acceptors (Lipinski definition) is 5. The highest BCUT2D eigenvalue weighted by molar-refractivity contribution is 7.99. The van der Waals surface area contributed by atoms with Gasteiger partial charge in [0.25, 0.3) is 5.56 Å². The summed E-state index contributed by atoms with van der Waals surface area (Å²) in [4.78, 5) is 34.8. The average Bonchev–Trinajstić information content (AvgIpc) is 2.78. The number of thioether (sulfide) groups is 1. The molecule has 0 radical (unpaired) electrons. The van der Waals surface area contributed by atoms with Crippen molar-refractivity contribution in [2.75, 3.05) is 11.1 Å². The van der Waals surface area contributed by atoms with Crippen molar-refractivity contribution in [3.05, 3.63) is 88.3 Å². The van der Waals surface area contributed by atoms with E-state index in [-0.39, 0.29) is 17.2 Å². The first kappa shape index (κ1) is 20.8. The van der Waals surface area contributed by atoms with Gasteiger partial charge in [-0.2, -0.15) is 0 Å². The molecule has 0 spiro atoms. The Kier molecular flexibility index (Phi) is 6.13. The lowest BCUT2D eigenvalue weighted by molar-refractivity contribution is -0.113. The summed E-state index contributed by atoms with van der Waals surface area (Å²) in [6.07, 6.45) is 2.61. The van der Waals surface area contributed by atoms with Crippen molar-refractivity contribution < 1.29 is 4.79 Å². The zero-order valence-corrected chi connectivity index (χ0v) is 18.1. The normalized spacial score (nSPS) is 10.9. The van der Waals surface area contributed by atoms with Gasteiger partial charge in [0, 0.05) is 11.9 Å². The first-order chi connectivity index (χ1) is 15.0. The van der Waals surface area contributed by atoms with E-state index in [0.717, 1.165) is 17.7 Å². The van der Waals surface area contributed by atoms with Gasteiger partial charge in [0.1, 0.15) is 5.82 Å². The number of anilines is 1. The minimum absolute atomic E-state index is 0.117. The number of amides is 1. The number of para-hydroxylation sites is 1. The van der Waals surface area contributed by atoms with E-state index in [9.17, 15) is 9.59 Å². The van der Waals surface area contributed by atoms with Crippen molar-refractivity contribution in [1.82, 2.24) is 14.5 Å². The van der Waals surface area contributed by atoms with Crippen molar-refractivity contribution in [1.29, 1.82) is 0 Å². The third-order valence-electron chi connectivity index (χ3n) is 4.85. The number of rotatable bonds is 6. The number of nitrogens with zero attached hydrogens (tertiary/aromatic N) is 3. The summed E-state index contributed by atoms with van der Waals surface area (Å²) >= 11 is 1.21. The number of nitrogens with one attached hydrogen (secondary N) is 1. The molecule has 2 aromatic heterocycles. The molecule has 1 amide bonds. The Morgan fingerprint density at radius 2 is 1.87 bits per heavy atom. The second kappa shape index (κ2) is 9.14. The lowest BCUT2D eigenvalue weighted by Gasteiger charge is -2.13. The molecule has 0 fully saturated rings. The van der Waals surface area contributed by atoms with Crippen LogP contribution in [0.5, 0.6) is 0 Å². The molecule has 6 nitrogen and oxygen atoms in total. The second-order valence-corrected chi connectivity index (χ2v) is 8.07. The molecule has 156 valence electrons. The molecule has 0 unspecified atom stereocenters. The minimum Gasteiger partial charge on any atom is -0.325 e. The fraction of sp³-hybridized carbons (Fsp3) is 0.167. The van der Waals surface area contributed by atoms with Gasteiger partial charge in [-0.05, 0) is 60.9 Å². The van der Waals surface area contributed by atoms with Gasteiger partial charge in [-0.1, -0.05) is 43.0 Å². The van der Waals surface area contributed by atoms with Crippen LogP contribution in [-0.4, -0.2) is 26.2 Å². The predicted octanol–water partition coefficient (Wildman–Crippen LogP) is 4.38. The molecular formula is C24H22N4O2S. The van der Waals surface area contributed by atoms with Crippen molar-refractivity contribution in [3.8, 4) is 5.82 Å². The van der Waals surface area contributed by atoms with Gasteiger partial charge in [-0.25, -0.2) is 14.5 Å². The van der Waals surface area contributed by atoms with Crippen LogP contribution in [0, 0.1) is 6.92 Å². The fourth-order valence-corrected chi connectivity index (χ4v) is 4.01. The number of aryl methyl sites for hydroxylation is 2. The molecule has 7 heteroatoms. The van der Waals surface area contributed by atoms with Gasteiger partial charge >= 0.3 is 0 Å². The van der Waals surface area contributed by atoms with Crippen LogP contribution in [0.3, 0.4) is 0 Å². The van der Waals surface area contributed by atoms with Gasteiger partial charge in [0.05, 0.1) is 16.7 Å². The monoisotopic (exact) mass is 430 g/mol. The third kappa shape index (κ3) is 4.67. The molecule has 0 bridgehead atoms. The zero-order chi connectivity index (χ0) is 21.8. The number of carbonyl (C=O) groups excluding carboxylic acids is 1. The first-order valence-corrected chi connectivity index (χ1v) is 11.0. The van der Waals surface area contributed by atoms with Gasteiger partial charge in [-0.15, -0.1) is 0 Å². The SMILES string of the molecule is CCc1ccc(NC(=O)CSc2nc3ccccc3c(=O)n2-c2cc(C)ccn2)cc1. The highest BCUT2D eigenvalue weighted by Gasteiger charge is 2.15. The van der Waals surface area contributed by atoms with Crippen LogP contribution in [0.2, 0.25) is 0 Å². The number of aromatic nitrogens is 3. The van der Waals surface area contributed by atoms with Crippen LogP contribution in [0.1, 0.15) is 18.1 Å². The van der Waals surface area contributed by atoms with Gasteiger partial charge in [0.15, 0.2) is 5.16 Å². The first-order valence-electron chi connectivity index (χ1n) is 10.0. The van der Waals surface area contributed by atoms with Crippen LogP contribution < -0.4 is 10.9 Å². The molecule has 1 N–H and O–H groups in total. The topological polar surface area (TPSA) is 76.9 Å². The van der Waals surface area contributed by atoms with Crippen LogP contribution in [0.15, 0.2) is 76.8 Å². The van der Waals surface area contributed by atoms with E-state index in [4.69, 9.17) is 0 Å². The summed E-state index contributed by atoms with van der Waals surface area (Å²) in [6, 6.07) is 18.7. The Balaban J connectivity index is 1.63. The fourth-order valence-electron chi connectivity index (χ4n) is 3.20. The number of benzene rings is 2. The summed E-state index contributed by atoms with van der Waals surface area (Å²) < 4.78 is 1.48. The van der Waals surface area contributed by atoms with Crippen LogP contribution in [0.4, 0.5) is 5.69 Å². The Morgan fingerprint density at radius 1 is 1.10 bits per heavy atom. The Labute approximate surface area is 184 Å². The van der Waals surface area contributed by atoms with Gasteiger partial charge in [-0.3, -0.25) is 9.59 Å². The Morgan fingerprint density at radius 3 is 2.61 bits per heavy atom. The number of pyridine rings is 1. The largest absolute Gasteiger partial charge is 0.325 e. The third-order valence-corrected chi connectivity index (χ3v) is 5.79. The quantitative estimate of drug-likeness (QED) is 0.363. The maximum Gasteiger partial charge on any atom is 0.267 e. The summed E-state index contributed by atoms with van der Waals surface area (Å²) in [6.45, 7) is 4.03. The molecule has 4 aromatic rings. The number of hydrogen-bond donors (Lipinski definition) is 1. The standard InChI is InChI=1S/C24H22N4O2S/c1-3-17-8-10-18(11-9-17)26-22(29)15-31-24-27-20-7-5-4-6-19(20)23(30)28(24)21-14-16(2)12-13-25-21/h4-14H,3,15H2,1-2H3,(H,26,29). The molecule has 0 aliphatic heterocycles. The number of fused-ring (bicyclic) bond motifs is 1. The molecular weight excluding hydrogens is 408 g/mol. The predicted molar refractivity (Wildman–Crippen MR) is 125 cm³/mol. The molecule has 2 heterocycles. The van der Waals surface area contributed by atoms with E-state index in [1.807, 2.05) is 55.5 Å². The lowest BCUT2D eigenvalue weighted by atomic mass is 10.1. The smallest absolute Gasteiger partial charge is 0.267 e. The molecule has 31 heavy (non-hydrogen) atoms. The molecule has 0 saturated heterocycles. The maximum atomic E-state index is 13.2. The van der Waals surface area contributed by atoms with E-state index in [0.29, 0.717) is 21.9 Å². The zero-order valence-electron chi connectivity index (χ0n) is 17.3. The van der Waals surface area contributed by atoms with Crippen molar-refractivity contribution in [2.24, 2.45) is 0 Å². The molecule has 4 rings (SSSR count). The van der Waals surface area contributed by atoms with Crippen molar-refractivity contribution in [3.63, 3.8) is 0 Å². The summed E-state index contributed by atoms with van der Waals surface area (Å²) in [5.74, 6) is 0.438. The van der Waals surface area contributed by atoms with Crippen molar-refractivity contribution >= 4 is 34.3 Å². The molecule has 2 aromatic carbocycles. The highest BCUT2D eigenvalue weighted by Crippen LogP contribution is 2.21. The van der Waals surface area contributed by atoms with Crippen LogP contribution in [0.25, 0.3) is 16.7 Å². The summed E-state index contributed by atoms with van der Waals surface area (Å²) in [5, 5.41) is 3.83. The van der Waals surface area contributed by atoms with Crippen molar-refractivity contribution in [2.45, 2.75) is 25.4 Å². The molecule has 0 aliphatic carbocycles. The van der Waals surface area contributed by atoms with E-state index < -0.39 is 0 Å². The average molecular weight is 431 g/mol. The van der Waals surface area contributed by atoms with E-state index in [1.54, 1.807) is 18.3 Å². The minimum atomic E-state index is -0.207. The van der Waals surface area contributed by atoms with Gasteiger partial charge in [0.2, 0.25) is 5.91 Å². The number of carbonyl (C=O) groups is 1. The van der Waals surface area contributed by atoms with E-state index in [1.165, 1.54) is 21.9 Å². The van der Waals surface area contributed by atoms with Gasteiger partial charge < -0.3 is 5.32 Å². The maximum absolute atomic E-state index is 13.2. The lowest BCUT2D eigenvalue weighted by Crippen LogP contribution is -2.23. The van der Waals surface area contributed by atoms with E-state index in [2.05, 4.69) is 22.2 Å². The molecule has 0 aliphatic rings. The Bertz CT molecular complexity index is 1300. The highest BCUT2D eigenvalue weighted by atomic mass is 32.2. The Hall–Kier alpha value is -3.45. The van der Waals surface area contributed by atoms with Crippen LogP contribution >= 0.6 is 11.8 Å². The summed E-state index contributed by atoms with van der Waals surface area (Å²) in [7, 11) is 0. The van der Waals surface area contributed by atoms with Crippen LogP contribution in [-0.2, 0) is 11.2 Å². The summed E-state index contributed by atoms with van der Waals surface area (Å²) in [5.41, 5.74) is 3.32.